The van der Waals surface area contributed by atoms with Crippen molar-refractivity contribution in [2.75, 3.05) is 6.61 Å². The molecule has 0 radical (unpaired) electrons. The highest BCUT2D eigenvalue weighted by molar-refractivity contribution is 6.30. The van der Waals surface area contributed by atoms with Crippen LogP contribution in [-0.4, -0.2) is 18.2 Å². The van der Waals surface area contributed by atoms with Crippen molar-refractivity contribution < 1.29 is 9.53 Å². The summed E-state index contributed by atoms with van der Waals surface area (Å²) in [7, 11) is 0. The molecule has 4 nitrogen and oxygen atoms in total. The molecule has 0 spiro atoms. The lowest BCUT2D eigenvalue weighted by molar-refractivity contribution is -0.123. The number of aryl methyl sites for hydroxylation is 1. The Morgan fingerprint density at radius 3 is 2.36 bits per heavy atom. The Hall–Kier alpha value is -3.11. The molecule has 0 aliphatic heterocycles. The van der Waals surface area contributed by atoms with Crippen LogP contribution in [0, 0.1) is 6.92 Å². The predicted octanol–water partition coefficient (Wildman–Crippen LogP) is 5.23. The van der Waals surface area contributed by atoms with Gasteiger partial charge in [0.15, 0.2) is 6.61 Å². The third-order valence-electron chi connectivity index (χ3n) is 4.25. The fourth-order valence-electron chi connectivity index (χ4n) is 2.70. The number of hydrogen-bond donors (Lipinski definition) is 1. The number of benzene rings is 3. The smallest absolute Gasteiger partial charge is 0.277 e. The van der Waals surface area contributed by atoms with E-state index in [1.807, 2.05) is 56.3 Å². The van der Waals surface area contributed by atoms with Crippen molar-refractivity contribution in [2.45, 2.75) is 13.8 Å². The Balaban J connectivity index is 1.56. The SMILES string of the molecule is CC(=NNC(=O)COc1ccc(Cl)cc1C)c1ccc(-c2ccccc2)cc1. The summed E-state index contributed by atoms with van der Waals surface area (Å²) in [4.78, 5) is 12.0. The van der Waals surface area contributed by atoms with Crippen molar-refractivity contribution in [3.05, 3.63) is 88.9 Å². The molecule has 142 valence electrons. The zero-order valence-corrected chi connectivity index (χ0v) is 16.5. The van der Waals surface area contributed by atoms with Crippen LogP contribution in [0.25, 0.3) is 11.1 Å². The molecule has 0 aliphatic rings. The molecule has 5 heteroatoms. The maximum atomic E-state index is 12.0. The summed E-state index contributed by atoms with van der Waals surface area (Å²) in [6.45, 7) is 3.61. The van der Waals surface area contributed by atoms with Crippen LogP contribution in [0.4, 0.5) is 0 Å². The minimum atomic E-state index is -0.324. The lowest BCUT2D eigenvalue weighted by atomic mass is 10.0. The maximum Gasteiger partial charge on any atom is 0.277 e. The fraction of sp³-hybridized carbons (Fsp3) is 0.130. The quantitative estimate of drug-likeness (QED) is 0.461. The first-order chi connectivity index (χ1) is 13.5. The van der Waals surface area contributed by atoms with Crippen molar-refractivity contribution >= 4 is 23.2 Å². The predicted molar refractivity (Wildman–Crippen MR) is 114 cm³/mol. The van der Waals surface area contributed by atoms with Gasteiger partial charge in [-0.25, -0.2) is 5.43 Å². The summed E-state index contributed by atoms with van der Waals surface area (Å²) in [6, 6.07) is 23.5. The van der Waals surface area contributed by atoms with E-state index in [0.717, 1.165) is 28.0 Å². The first-order valence-corrected chi connectivity index (χ1v) is 9.28. The molecule has 0 aromatic heterocycles. The van der Waals surface area contributed by atoms with Gasteiger partial charge in [0.05, 0.1) is 5.71 Å². The molecule has 0 fully saturated rings. The second-order valence-corrected chi connectivity index (χ2v) is 6.81. The Morgan fingerprint density at radius 1 is 1.00 bits per heavy atom. The molecule has 3 aromatic carbocycles. The first-order valence-electron chi connectivity index (χ1n) is 8.91. The molecule has 0 heterocycles. The molecule has 3 aromatic rings. The van der Waals surface area contributed by atoms with Gasteiger partial charge in [-0.05, 0) is 54.3 Å². The lowest BCUT2D eigenvalue weighted by Gasteiger charge is -2.09. The third-order valence-corrected chi connectivity index (χ3v) is 4.49. The van der Waals surface area contributed by atoms with Gasteiger partial charge in [0.25, 0.3) is 5.91 Å². The number of halogens is 1. The molecule has 0 unspecified atom stereocenters. The molecule has 0 bridgehead atoms. The second-order valence-electron chi connectivity index (χ2n) is 6.37. The number of ether oxygens (including phenoxy) is 1. The van der Waals surface area contributed by atoms with E-state index in [-0.39, 0.29) is 12.5 Å². The van der Waals surface area contributed by atoms with Gasteiger partial charge in [-0.2, -0.15) is 5.10 Å². The zero-order valence-electron chi connectivity index (χ0n) is 15.8. The van der Waals surface area contributed by atoms with Crippen molar-refractivity contribution in [3.8, 4) is 16.9 Å². The highest BCUT2D eigenvalue weighted by Crippen LogP contribution is 2.22. The van der Waals surface area contributed by atoms with Gasteiger partial charge in [-0.15, -0.1) is 0 Å². The Kier molecular flexibility index (Phi) is 6.45. The van der Waals surface area contributed by atoms with Gasteiger partial charge in [0.1, 0.15) is 5.75 Å². The number of hydrazone groups is 1. The average Bonchev–Trinajstić information content (AvgIpc) is 2.72. The Labute approximate surface area is 169 Å². The van der Waals surface area contributed by atoms with Crippen molar-refractivity contribution in [1.29, 1.82) is 0 Å². The summed E-state index contributed by atoms with van der Waals surface area (Å²) in [5.74, 6) is 0.298. The Morgan fingerprint density at radius 2 is 1.68 bits per heavy atom. The maximum absolute atomic E-state index is 12.0. The molecular weight excluding hydrogens is 372 g/mol. The van der Waals surface area contributed by atoms with Crippen molar-refractivity contribution in [3.63, 3.8) is 0 Å². The summed E-state index contributed by atoms with van der Waals surface area (Å²) in [6.07, 6.45) is 0. The Bertz CT molecular complexity index is 983. The first kappa shape index (κ1) is 19.6. The number of amides is 1. The summed E-state index contributed by atoms with van der Waals surface area (Å²) >= 11 is 5.91. The number of carbonyl (C=O) groups is 1. The standard InChI is InChI=1S/C23H21ClN2O2/c1-16-14-21(24)12-13-22(16)28-15-23(27)26-25-17(2)18-8-10-20(11-9-18)19-6-4-3-5-7-19/h3-14H,15H2,1-2H3,(H,26,27). The number of nitrogens with one attached hydrogen (secondary N) is 1. The van der Waals surface area contributed by atoms with Crippen LogP contribution in [0.1, 0.15) is 18.1 Å². The van der Waals surface area contributed by atoms with E-state index >= 15 is 0 Å². The van der Waals surface area contributed by atoms with Crippen LogP contribution < -0.4 is 10.2 Å². The van der Waals surface area contributed by atoms with Gasteiger partial charge in [0.2, 0.25) is 0 Å². The second kappa shape index (κ2) is 9.20. The number of carbonyl (C=O) groups excluding carboxylic acids is 1. The van der Waals surface area contributed by atoms with Gasteiger partial charge < -0.3 is 4.74 Å². The van der Waals surface area contributed by atoms with Crippen LogP contribution >= 0.6 is 11.6 Å². The van der Waals surface area contributed by atoms with Crippen molar-refractivity contribution in [1.82, 2.24) is 5.43 Å². The largest absolute Gasteiger partial charge is 0.483 e. The molecule has 0 atom stereocenters. The minimum absolute atomic E-state index is 0.119. The van der Waals surface area contributed by atoms with E-state index in [9.17, 15) is 4.79 Å². The van der Waals surface area contributed by atoms with Crippen LogP contribution in [-0.2, 0) is 4.79 Å². The molecule has 0 saturated heterocycles. The average molecular weight is 393 g/mol. The topological polar surface area (TPSA) is 50.7 Å². The molecule has 3 rings (SSSR count). The normalized spacial score (nSPS) is 11.2. The fourth-order valence-corrected chi connectivity index (χ4v) is 2.92. The van der Waals surface area contributed by atoms with Crippen LogP contribution in [0.5, 0.6) is 5.75 Å². The van der Waals surface area contributed by atoms with E-state index in [1.54, 1.807) is 18.2 Å². The summed E-state index contributed by atoms with van der Waals surface area (Å²) in [5, 5.41) is 4.79. The van der Waals surface area contributed by atoms with Gasteiger partial charge in [-0.3, -0.25) is 4.79 Å². The number of rotatable bonds is 6. The van der Waals surface area contributed by atoms with E-state index in [4.69, 9.17) is 16.3 Å². The van der Waals surface area contributed by atoms with Crippen LogP contribution in [0.3, 0.4) is 0 Å². The number of hydrogen-bond acceptors (Lipinski definition) is 3. The van der Waals surface area contributed by atoms with Gasteiger partial charge >= 0.3 is 0 Å². The lowest BCUT2D eigenvalue weighted by Crippen LogP contribution is -2.25. The van der Waals surface area contributed by atoms with Gasteiger partial charge in [0, 0.05) is 5.02 Å². The zero-order chi connectivity index (χ0) is 19.9. The summed E-state index contributed by atoms with van der Waals surface area (Å²) in [5.41, 5.74) is 7.35. The highest BCUT2D eigenvalue weighted by atomic mass is 35.5. The molecule has 0 aliphatic carbocycles. The molecular formula is C23H21ClN2O2. The number of nitrogens with zero attached hydrogens (tertiary/aromatic N) is 1. The van der Waals surface area contributed by atoms with E-state index in [0.29, 0.717) is 10.8 Å². The van der Waals surface area contributed by atoms with Gasteiger partial charge in [-0.1, -0.05) is 66.2 Å². The minimum Gasteiger partial charge on any atom is -0.483 e. The molecule has 1 N–H and O–H groups in total. The highest BCUT2D eigenvalue weighted by Gasteiger charge is 2.06. The molecule has 1 amide bonds. The van der Waals surface area contributed by atoms with E-state index in [2.05, 4.69) is 22.7 Å². The van der Waals surface area contributed by atoms with Crippen LogP contribution in [0.2, 0.25) is 5.02 Å². The van der Waals surface area contributed by atoms with E-state index in [1.165, 1.54) is 0 Å². The molecule has 28 heavy (non-hydrogen) atoms. The monoisotopic (exact) mass is 392 g/mol. The third kappa shape index (κ3) is 5.21. The summed E-state index contributed by atoms with van der Waals surface area (Å²) < 4.78 is 5.52. The van der Waals surface area contributed by atoms with E-state index < -0.39 is 0 Å². The van der Waals surface area contributed by atoms with Crippen LogP contribution in [0.15, 0.2) is 77.9 Å². The van der Waals surface area contributed by atoms with Crippen molar-refractivity contribution in [2.24, 2.45) is 5.10 Å². The molecule has 0 saturated carbocycles.